The Labute approximate surface area is 115 Å². The number of ether oxygens (including phenoxy) is 2. The average molecular weight is 264 g/mol. The quantitative estimate of drug-likeness (QED) is 0.785. The number of Topliss-reactive ketones (excluding diaryl/α,β-unsaturated/α-hetero) is 1. The molecule has 0 saturated carbocycles. The van der Waals surface area contributed by atoms with Crippen LogP contribution in [0.15, 0.2) is 18.2 Å². The summed E-state index contributed by atoms with van der Waals surface area (Å²) in [5.41, 5.74) is 0.994. The zero-order chi connectivity index (χ0) is 14.5. The Morgan fingerprint density at radius 3 is 2.47 bits per heavy atom. The Hall–Kier alpha value is -1.51. The number of hydrogen-bond donors (Lipinski definition) is 0. The molecule has 0 aliphatic rings. The molecule has 3 heteroatoms. The first-order valence-electron chi connectivity index (χ1n) is 6.71. The van der Waals surface area contributed by atoms with E-state index in [1.807, 2.05) is 25.1 Å². The molecular formula is C16H24O3. The molecule has 0 fully saturated rings. The molecule has 0 spiro atoms. The van der Waals surface area contributed by atoms with E-state index in [4.69, 9.17) is 9.47 Å². The maximum Gasteiger partial charge on any atom is 0.170 e. The van der Waals surface area contributed by atoms with Crippen molar-refractivity contribution in [2.24, 2.45) is 0 Å². The van der Waals surface area contributed by atoms with Crippen LogP contribution in [0, 0.1) is 0 Å². The molecule has 0 aliphatic heterocycles. The van der Waals surface area contributed by atoms with Crippen molar-refractivity contribution in [1.82, 2.24) is 0 Å². The summed E-state index contributed by atoms with van der Waals surface area (Å²) in [7, 11) is 1.65. The molecule has 1 rings (SSSR count). The fourth-order valence-corrected chi connectivity index (χ4v) is 1.86. The van der Waals surface area contributed by atoms with Crippen LogP contribution in [0.25, 0.3) is 0 Å². The van der Waals surface area contributed by atoms with Gasteiger partial charge in [-0.25, -0.2) is 0 Å². The molecule has 0 atom stereocenters. The van der Waals surface area contributed by atoms with E-state index in [0.29, 0.717) is 6.42 Å². The van der Waals surface area contributed by atoms with E-state index >= 15 is 0 Å². The highest BCUT2D eigenvalue weighted by molar-refractivity contribution is 5.79. The molecule has 19 heavy (non-hydrogen) atoms. The first kappa shape index (κ1) is 15.5. The molecule has 0 aromatic heterocycles. The number of rotatable bonds is 6. The van der Waals surface area contributed by atoms with E-state index in [2.05, 4.69) is 20.8 Å². The second-order valence-corrected chi connectivity index (χ2v) is 5.69. The van der Waals surface area contributed by atoms with Gasteiger partial charge in [0.05, 0.1) is 7.11 Å². The minimum absolute atomic E-state index is 0.0579. The van der Waals surface area contributed by atoms with Crippen molar-refractivity contribution in [3.8, 4) is 11.5 Å². The van der Waals surface area contributed by atoms with E-state index in [9.17, 15) is 4.79 Å². The Bertz CT molecular complexity index is 430. The zero-order valence-electron chi connectivity index (χ0n) is 12.6. The minimum Gasteiger partial charge on any atom is -0.497 e. The fourth-order valence-electron chi connectivity index (χ4n) is 1.86. The van der Waals surface area contributed by atoms with Gasteiger partial charge in [-0.15, -0.1) is 0 Å². The number of hydrogen-bond acceptors (Lipinski definition) is 3. The van der Waals surface area contributed by atoms with Crippen LogP contribution in [0.3, 0.4) is 0 Å². The third kappa shape index (κ3) is 4.58. The molecule has 0 amide bonds. The number of benzene rings is 1. The molecule has 3 nitrogen and oxygen atoms in total. The predicted octanol–water partition coefficient (Wildman–Crippen LogP) is 3.74. The molecule has 1 aromatic rings. The highest BCUT2D eigenvalue weighted by Gasteiger charge is 2.20. The summed E-state index contributed by atoms with van der Waals surface area (Å²) in [6.07, 6.45) is 1.43. The lowest BCUT2D eigenvalue weighted by Gasteiger charge is -2.23. The van der Waals surface area contributed by atoms with E-state index in [1.54, 1.807) is 7.11 Å². The summed E-state index contributed by atoms with van der Waals surface area (Å²) in [5.74, 6) is 1.70. The van der Waals surface area contributed by atoms with Gasteiger partial charge in [-0.2, -0.15) is 0 Å². The number of methoxy groups -OCH3 is 1. The van der Waals surface area contributed by atoms with E-state index in [0.717, 1.165) is 23.5 Å². The summed E-state index contributed by atoms with van der Waals surface area (Å²) in [6.45, 7) is 8.47. The molecule has 0 unspecified atom stereocenters. The Kier molecular flexibility index (Phi) is 5.40. The lowest BCUT2D eigenvalue weighted by Crippen LogP contribution is -2.16. The maximum atomic E-state index is 11.6. The smallest absolute Gasteiger partial charge is 0.170 e. The van der Waals surface area contributed by atoms with Gasteiger partial charge in [0.25, 0.3) is 0 Å². The van der Waals surface area contributed by atoms with Crippen molar-refractivity contribution in [2.75, 3.05) is 13.7 Å². The molecular weight excluding hydrogens is 240 g/mol. The van der Waals surface area contributed by atoms with Crippen molar-refractivity contribution in [3.63, 3.8) is 0 Å². The summed E-state index contributed by atoms with van der Waals surface area (Å²) in [5, 5.41) is 0. The highest BCUT2D eigenvalue weighted by Crippen LogP contribution is 2.34. The van der Waals surface area contributed by atoms with Gasteiger partial charge in [-0.1, -0.05) is 27.7 Å². The van der Waals surface area contributed by atoms with Crippen molar-refractivity contribution in [3.05, 3.63) is 23.8 Å². The zero-order valence-corrected chi connectivity index (χ0v) is 12.6. The predicted molar refractivity (Wildman–Crippen MR) is 77.1 cm³/mol. The molecule has 0 aliphatic carbocycles. The first-order chi connectivity index (χ1) is 8.88. The van der Waals surface area contributed by atoms with Crippen molar-refractivity contribution in [2.45, 2.75) is 46.0 Å². The monoisotopic (exact) mass is 264 g/mol. The standard InChI is InChI=1S/C16H24O3/c1-6-7-12(17)11-19-15-9-8-13(18-5)10-14(15)16(2,3)4/h8-10H,6-7,11H2,1-5H3. The van der Waals surface area contributed by atoms with E-state index in [1.165, 1.54) is 0 Å². The van der Waals surface area contributed by atoms with Gasteiger partial charge in [0.15, 0.2) is 5.78 Å². The van der Waals surface area contributed by atoms with Gasteiger partial charge in [0.2, 0.25) is 0 Å². The van der Waals surface area contributed by atoms with Gasteiger partial charge in [0.1, 0.15) is 18.1 Å². The second kappa shape index (κ2) is 6.60. The second-order valence-electron chi connectivity index (χ2n) is 5.69. The first-order valence-corrected chi connectivity index (χ1v) is 6.71. The van der Waals surface area contributed by atoms with Crippen LogP contribution in [-0.4, -0.2) is 19.5 Å². The van der Waals surface area contributed by atoms with Gasteiger partial charge in [0, 0.05) is 12.0 Å². The summed E-state index contributed by atoms with van der Waals surface area (Å²) < 4.78 is 10.9. The van der Waals surface area contributed by atoms with Gasteiger partial charge < -0.3 is 9.47 Å². The fraction of sp³-hybridized carbons (Fsp3) is 0.562. The van der Waals surface area contributed by atoms with Gasteiger partial charge >= 0.3 is 0 Å². The Morgan fingerprint density at radius 2 is 1.95 bits per heavy atom. The molecule has 0 saturated heterocycles. The molecule has 1 aromatic carbocycles. The van der Waals surface area contributed by atoms with E-state index < -0.39 is 0 Å². The highest BCUT2D eigenvalue weighted by atomic mass is 16.5. The lowest BCUT2D eigenvalue weighted by atomic mass is 9.86. The summed E-state index contributed by atoms with van der Waals surface area (Å²) in [4.78, 5) is 11.6. The van der Waals surface area contributed by atoms with Crippen molar-refractivity contribution < 1.29 is 14.3 Å². The summed E-state index contributed by atoms with van der Waals surface area (Å²) in [6, 6.07) is 5.70. The molecule has 0 heterocycles. The molecule has 106 valence electrons. The van der Waals surface area contributed by atoms with Crippen LogP contribution in [-0.2, 0) is 10.2 Å². The maximum absolute atomic E-state index is 11.6. The summed E-state index contributed by atoms with van der Waals surface area (Å²) >= 11 is 0. The van der Waals surface area contributed by atoms with Crippen LogP contribution in [0.1, 0.15) is 46.1 Å². The van der Waals surface area contributed by atoms with E-state index in [-0.39, 0.29) is 17.8 Å². The largest absolute Gasteiger partial charge is 0.497 e. The van der Waals surface area contributed by atoms with Crippen LogP contribution in [0.2, 0.25) is 0 Å². The Morgan fingerprint density at radius 1 is 1.26 bits per heavy atom. The van der Waals surface area contributed by atoms with Crippen molar-refractivity contribution >= 4 is 5.78 Å². The molecule has 0 N–H and O–H groups in total. The average Bonchev–Trinajstić information content (AvgIpc) is 2.35. The van der Waals surface area contributed by atoms with Gasteiger partial charge in [-0.05, 0) is 30.0 Å². The minimum atomic E-state index is -0.0579. The molecule has 0 radical (unpaired) electrons. The molecule has 0 bridgehead atoms. The lowest BCUT2D eigenvalue weighted by molar-refractivity contribution is -0.121. The number of carbonyl (C=O) groups excluding carboxylic acids is 1. The van der Waals surface area contributed by atoms with Crippen molar-refractivity contribution in [1.29, 1.82) is 0 Å². The van der Waals surface area contributed by atoms with Gasteiger partial charge in [-0.3, -0.25) is 4.79 Å². The Balaban J connectivity index is 2.91. The SMILES string of the molecule is CCCC(=O)COc1ccc(OC)cc1C(C)(C)C. The third-order valence-corrected chi connectivity index (χ3v) is 2.91. The number of ketones is 1. The topological polar surface area (TPSA) is 35.5 Å². The third-order valence-electron chi connectivity index (χ3n) is 2.91. The van der Waals surface area contributed by atoms with Crippen LogP contribution in [0.4, 0.5) is 0 Å². The van der Waals surface area contributed by atoms with Crippen LogP contribution >= 0.6 is 0 Å². The normalized spacial score (nSPS) is 11.2. The van der Waals surface area contributed by atoms with Crippen LogP contribution in [0.5, 0.6) is 11.5 Å². The van der Waals surface area contributed by atoms with Crippen LogP contribution < -0.4 is 9.47 Å². The number of carbonyl (C=O) groups is 1.